The number of aromatic nitrogens is 5. The highest BCUT2D eigenvalue weighted by Crippen LogP contribution is 2.46. The molecule has 17 heteroatoms. The Morgan fingerprint density at radius 2 is 1.77 bits per heavy atom. The number of carbonyl (C=O) groups excluding carboxylic acids is 2. The number of anilines is 4. The number of aryl methyl sites for hydroxylation is 2. The van der Waals surface area contributed by atoms with Crippen molar-refractivity contribution in [3.05, 3.63) is 69.2 Å². The third-order valence-electron chi connectivity index (χ3n) is 14.0. The van der Waals surface area contributed by atoms with E-state index in [1.807, 2.05) is 23.9 Å². The number of hydrogen-bond donors (Lipinski definition) is 3. The lowest BCUT2D eigenvalue weighted by molar-refractivity contribution is -0.134. The summed E-state index contributed by atoms with van der Waals surface area (Å²) >= 11 is 6.65. The van der Waals surface area contributed by atoms with Crippen molar-refractivity contribution in [3.63, 3.8) is 0 Å². The number of halogens is 3. The molecule has 10 rings (SSSR count). The van der Waals surface area contributed by atoms with Crippen LogP contribution in [0.1, 0.15) is 81.4 Å². The van der Waals surface area contributed by atoms with Crippen molar-refractivity contribution in [2.45, 2.75) is 88.1 Å². The van der Waals surface area contributed by atoms with Crippen molar-refractivity contribution < 1.29 is 23.1 Å². The normalized spacial score (nSPS) is 24.6. The number of nitrogens with zero attached hydrogens (tertiary/aromatic N) is 7. The summed E-state index contributed by atoms with van der Waals surface area (Å²) in [6.07, 6.45) is 7.97. The minimum absolute atomic E-state index is 0.103. The summed E-state index contributed by atoms with van der Waals surface area (Å²) in [5.74, 6) is -2.33. The Hall–Kier alpha value is -5.35. The number of imide groups is 1. The van der Waals surface area contributed by atoms with Gasteiger partial charge in [0.1, 0.15) is 5.02 Å². The van der Waals surface area contributed by atoms with Crippen molar-refractivity contribution in [2.24, 2.45) is 25.9 Å². The Morgan fingerprint density at radius 1 is 0.968 bits per heavy atom. The molecule has 0 radical (unpaired) electrons. The van der Waals surface area contributed by atoms with Crippen LogP contribution >= 0.6 is 11.6 Å². The summed E-state index contributed by atoms with van der Waals surface area (Å²) in [6, 6.07) is 11.3. The highest BCUT2D eigenvalue weighted by molar-refractivity contribution is 6.33. The second-order valence-electron chi connectivity index (χ2n) is 18.1. The van der Waals surface area contributed by atoms with Crippen LogP contribution in [0.5, 0.6) is 5.75 Å². The number of likely N-dealkylation sites (tertiary alicyclic amines) is 1. The van der Waals surface area contributed by atoms with Gasteiger partial charge < -0.3 is 29.7 Å². The zero-order chi connectivity index (χ0) is 43.0. The fourth-order valence-electron chi connectivity index (χ4n) is 10.2. The molecule has 1 unspecified atom stereocenters. The third kappa shape index (κ3) is 7.52. The number of alkyl halides is 2. The Labute approximate surface area is 362 Å². The van der Waals surface area contributed by atoms with Crippen LogP contribution in [-0.2, 0) is 23.7 Å². The lowest BCUT2D eigenvalue weighted by Gasteiger charge is -2.41. The smallest absolute Gasteiger partial charge is 0.301 e. The van der Waals surface area contributed by atoms with Crippen molar-refractivity contribution in [1.29, 1.82) is 0 Å². The Kier molecular flexibility index (Phi) is 10.4. The van der Waals surface area contributed by atoms with Crippen LogP contribution in [0.3, 0.4) is 0 Å². The van der Waals surface area contributed by atoms with E-state index >= 15 is 8.78 Å². The number of fused-ring (bicyclic) bond motifs is 4. The molecule has 7 heterocycles. The number of pyridine rings is 1. The fraction of sp³-hybridized carbons (Fsp3) is 0.511. The molecule has 2 aromatic carbocycles. The first-order valence-corrected chi connectivity index (χ1v) is 22.2. The lowest BCUT2D eigenvalue weighted by Crippen LogP contribution is -2.45. The van der Waals surface area contributed by atoms with E-state index in [9.17, 15) is 14.4 Å². The van der Waals surface area contributed by atoms with Gasteiger partial charge >= 0.3 is 5.92 Å². The average molecular weight is 869 g/mol. The molecular weight excluding hydrogens is 818 g/mol. The molecule has 14 nitrogen and oxygen atoms in total. The molecule has 3 saturated heterocycles. The van der Waals surface area contributed by atoms with Crippen LogP contribution in [0.2, 0.25) is 5.02 Å². The summed E-state index contributed by atoms with van der Waals surface area (Å²) in [5.41, 5.74) is 4.07. The molecule has 62 heavy (non-hydrogen) atoms. The van der Waals surface area contributed by atoms with E-state index in [4.69, 9.17) is 26.4 Å². The Morgan fingerprint density at radius 3 is 2.53 bits per heavy atom. The van der Waals surface area contributed by atoms with Gasteiger partial charge in [0.2, 0.25) is 23.5 Å². The maximum atomic E-state index is 15.2. The minimum atomic E-state index is -3.13. The minimum Gasteiger partial charge on any atom is -0.480 e. The number of ether oxygens (including phenoxy) is 1. The summed E-state index contributed by atoms with van der Waals surface area (Å²) in [5, 5.41) is 15.5. The lowest BCUT2D eigenvalue weighted by atomic mass is 9.84. The van der Waals surface area contributed by atoms with Crippen LogP contribution < -0.4 is 31.1 Å². The quantitative estimate of drug-likeness (QED) is 0.141. The summed E-state index contributed by atoms with van der Waals surface area (Å²) in [4.78, 5) is 51.9. The number of amides is 2. The van der Waals surface area contributed by atoms with Crippen LogP contribution in [0, 0.1) is 11.8 Å². The second kappa shape index (κ2) is 15.8. The van der Waals surface area contributed by atoms with E-state index in [1.165, 1.54) is 10.1 Å². The maximum Gasteiger partial charge on any atom is 0.301 e. The molecule has 5 aliphatic rings. The van der Waals surface area contributed by atoms with Crippen LogP contribution in [0.15, 0.2) is 47.4 Å². The molecule has 2 amide bonds. The van der Waals surface area contributed by atoms with Crippen molar-refractivity contribution >= 4 is 68.4 Å². The molecule has 0 bridgehead atoms. The van der Waals surface area contributed by atoms with Gasteiger partial charge in [0, 0.05) is 62.7 Å². The monoisotopic (exact) mass is 868 g/mol. The standard InChI is InChI=1S/C45H51ClF2N10O4/c1-24-18-28(27-6-8-30-35(19-27)56(3)54-37(30)31-9-11-36(59)51-42(31)60)14-17-58(24)22-25-12-15-57(16-13-25)44-49-21-33(46)41(53-44)50-29-7-10-34-32(20-29)38-39(43(61)55(34)2)62-23-45(47,48)40(52-38)26-4-5-26/h6-8,10,19-21,24-26,28,31,40,52H,4-5,9,11-18,22-23H2,1-3H3,(H,49,50,53)(H,51,59,60)/t24-,28+,31?,40-/m0/s1. The van der Waals surface area contributed by atoms with E-state index in [1.54, 1.807) is 19.3 Å². The molecular formula is C45H51ClF2N10O4. The SMILES string of the molecule is C[C@H]1C[C@H](c2ccc3c(C4CCC(=O)NC4=O)nn(C)c3c2)CCN1CC1CCN(c2ncc(Cl)c(Nc3ccc4c(c3)c3c(c(=O)n4C)OCC(F)(F)[C@H](C4CC4)N3)n2)CC1. The molecule has 3 aromatic heterocycles. The molecule has 4 atom stereocenters. The van der Waals surface area contributed by atoms with Crippen LogP contribution in [0.25, 0.3) is 21.8 Å². The maximum absolute atomic E-state index is 15.2. The van der Waals surface area contributed by atoms with Gasteiger partial charge in [-0.15, -0.1) is 0 Å². The van der Waals surface area contributed by atoms with Gasteiger partial charge in [0.15, 0.2) is 12.4 Å². The molecule has 5 aromatic rings. The van der Waals surface area contributed by atoms with E-state index in [-0.39, 0.29) is 29.2 Å². The molecule has 326 valence electrons. The zero-order valence-electron chi connectivity index (χ0n) is 35.1. The second-order valence-corrected chi connectivity index (χ2v) is 18.5. The number of carbonyl (C=O) groups is 2. The predicted molar refractivity (Wildman–Crippen MR) is 234 cm³/mol. The van der Waals surface area contributed by atoms with Crippen molar-refractivity contribution in [2.75, 3.05) is 48.3 Å². The number of hydrogen-bond acceptors (Lipinski definition) is 11. The third-order valence-corrected chi connectivity index (χ3v) is 14.2. The number of nitrogens with one attached hydrogen (secondary N) is 3. The van der Waals surface area contributed by atoms with Crippen molar-refractivity contribution in [3.8, 4) is 5.75 Å². The van der Waals surface area contributed by atoms with E-state index in [0.29, 0.717) is 76.9 Å². The van der Waals surface area contributed by atoms with E-state index in [0.717, 1.165) is 68.5 Å². The Balaban J connectivity index is 0.774. The number of benzene rings is 2. The van der Waals surface area contributed by atoms with E-state index in [2.05, 4.69) is 55.9 Å². The van der Waals surface area contributed by atoms with Gasteiger partial charge in [-0.25, -0.2) is 13.8 Å². The van der Waals surface area contributed by atoms with Gasteiger partial charge in [-0.3, -0.25) is 24.4 Å². The zero-order valence-corrected chi connectivity index (χ0v) is 35.9. The van der Waals surface area contributed by atoms with Gasteiger partial charge in [-0.2, -0.15) is 10.1 Å². The molecule has 1 aliphatic carbocycles. The molecule has 3 N–H and O–H groups in total. The molecule has 4 fully saturated rings. The Bertz CT molecular complexity index is 2660. The van der Waals surface area contributed by atoms with Gasteiger partial charge in [-0.1, -0.05) is 23.7 Å². The van der Waals surface area contributed by atoms with E-state index < -0.39 is 30.0 Å². The van der Waals surface area contributed by atoms with Crippen LogP contribution in [0.4, 0.5) is 31.9 Å². The van der Waals surface area contributed by atoms with Gasteiger partial charge in [-0.05, 0) is 106 Å². The number of piperidine rings is 3. The first-order chi connectivity index (χ1) is 29.8. The largest absolute Gasteiger partial charge is 0.480 e. The van der Waals surface area contributed by atoms with Gasteiger partial charge in [0.25, 0.3) is 5.56 Å². The summed E-state index contributed by atoms with van der Waals surface area (Å²) in [7, 11) is 3.53. The first-order valence-electron chi connectivity index (χ1n) is 21.8. The molecule has 0 spiro atoms. The fourth-order valence-corrected chi connectivity index (χ4v) is 10.4. The highest BCUT2D eigenvalue weighted by atomic mass is 35.5. The van der Waals surface area contributed by atoms with Crippen LogP contribution in [-0.4, -0.2) is 91.8 Å². The molecule has 4 aliphatic heterocycles. The highest BCUT2D eigenvalue weighted by Gasteiger charge is 2.51. The summed E-state index contributed by atoms with van der Waals surface area (Å²) in [6.45, 7) is 5.18. The number of rotatable bonds is 8. The van der Waals surface area contributed by atoms with Gasteiger partial charge in [0.05, 0.1) is 40.6 Å². The molecule has 1 saturated carbocycles. The summed E-state index contributed by atoms with van der Waals surface area (Å²) < 4.78 is 39.2. The topological polar surface area (TPSA) is 152 Å². The average Bonchev–Trinajstić information content (AvgIpc) is 4.06. The van der Waals surface area contributed by atoms with Crippen molar-refractivity contribution in [1.82, 2.24) is 34.5 Å². The first kappa shape index (κ1) is 40.7. The predicted octanol–water partition coefficient (Wildman–Crippen LogP) is 6.84.